The van der Waals surface area contributed by atoms with Gasteiger partial charge in [-0.25, -0.2) is 0 Å². The topological polar surface area (TPSA) is 3.24 Å². The summed E-state index contributed by atoms with van der Waals surface area (Å²) < 4.78 is 2.59. The van der Waals surface area contributed by atoms with Crippen LogP contribution in [0.4, 0.5) is 17.1 Å². The van der Waals surface area contributed by atoms with Crippen LogP contribution in [0.25, 0.3) is 75.5 Å². The molecule has 0 bridgehead atoms. The van der Waals surface area contributed by atoms with E-state index in [1.54, 1.807) is 0 Å². The number of rotatable bonds is 7. The summed E-state index contributed by atoms with van der Waals surface area (Å²) in [4.78, 5) is 2.45. The molecule has 254 valence electrons. The van der Waals surface area contributed by atoms with E-state index in [2.05, 4.69) is 217 Å². The first-order chi connectivity index (χ1) is 26.8. The minimum absolute atomic E-state index is 1.10. The third-order valence-electron chi connectivity index (χ3n) is 10.5. The number of hydrogen-bond donors (Lipinski definition) is 0. The second kappa shape index (κ2) is 13.7. The number of thiophene rings is 1. The highest BCUT2D eigenvalue weighted by Crippen LogP contribution is 2.47. The van der Waals surface area contributed by atoms with E-state index in [0.29, 0.717) is 0 Å². The van der Waals surface area contributed by atoms with Gasteiger partial charge in [-0.3, -0.25) is 0 Å². The van der Waals surface area contributed by atoms with Gasteiger partial charge >= 0.3 is 0 Å². The maximum atomic E-state index is 2.45. The van der Waals surface area contributed by atoms with Gasteiger partial charge in [-0.1, -0.05) is 170 Å². The van der Waals surface area contributed by atoms with Gasteiger partial charge in [-0.15, -0.1) is 11.3 Å². The van der Waals surface area contributed by atoms with E-state index in [0.717, 1.165) is 17.1 Å². The molecule has 0 spiro atoms. The Morgan fingerprint density at radius 1 is 0.315 bits per heavy atom. The molecule has 0 fully saturated rings. The zero-order valence-electron chi connectivity index (χ0n) is 29.6. The van der Waals surface area contributed by atoms with Crippen molar-refractivity contribution in [2.75, 3.05) is 4.90 Å². The molecule has 9 aromatic carbocycles. The number of fused-ring (bicyclic) bond motifs is 4. The molecule has 0 N–H and O–H groups in total. The normalized spacial score (nSPS) is 11.3. The van der Waals surface area contributed by atoms with E-state index in [-0.39, 0.29) is 0 Å². The quantitative estimate of drug-likeness (QED) is 0.160. The Bertz CT molecular complexity index is 2910. The molecular formula is C52H35NS. The van der Waals surface area contributed by atoms with Crippen molar-refractivity contribution in [2.45, 2.75) is 0 Å². The highest BCUT2D eigenvalue weighted by molar-refractivity contribution is 7.25. The van der Waals surface area contributed by atoms with Crippen LogP contribution in [-0.2, 0) is 0 Å². The van der Waals surface area contributed by atoms with Crippen LogP contribution in [0.2, 0.25) is 0 Å². The van der Waals surface area contributed by atoms with E-state index in [9.17, 15) is 0 Å². The zero-order valence-corrected chi connectivity index (χ0v) is 30.4. The average molecular weight is 706 g/mol. The molecule has 1 heterocycles. The summed E-state index contributed by atoms with van der Waals surface area (Å²) in [5.41, 5.74) is 13.0. The Morgan fingerprint density at radius 3 is 1.65 bits per heavy atom. The largest absolute Gasteiger partial charge is 0.310 e. The second-order valence-corrected chi connectivity index (χ2v) is 14.8. The maximum Gasteiger partial charge on any atom is 0.0546 e. The van der Waals surface area contributed by atoms with Crippen LogP contribution in [0.5, 0.6) is 0 Å². The van der Waals surface area contributed by atoms with Crippen LogP contribution in [0, 0.1) is 0 Å². The van der Waals surface area contributed by atoms with Crippen LogP contribution < -0.4 is 4.90 Å². The van der Waals surface area contributed by atoms with Crippen molar-refractivity contribution in [3.8, 4) is 44.5 Å². The predicted octanol–water partition coefficient (Wildman–Crippen LogP) is 15.3. The van der Waals surface area contributed by atoms with Crippen molar-refractivity contribution in [1.82, 2.24) is 0 Å². The molecule has 0 radical (unpaired) electrons. The molecule has 0 saturated carbocycles. The average Bonchev–Trinajstić information content (AvgIpc) is 3.63. The molecule has 0 saturated heterocycles. The Balaban J connectivity index is 1.18. The third kappa shape index (κ3) is 5.74. The van der Waals surface area contributed by atoms with Gasteiger partial charge in [-0.2, -0.15) is 0 Å². The summed E-state index contributed by atoms with van der Waals surface area (Å²) in [6, 6.07) is 77.2. The van der Waals surface area contributed by atoms with Crippen molar-refractivity contribution >= 4 is 59.3 Å². The number of benzene rings is 9. The molecule has 0 unspecified atom stereocenters. The molecule has 10 rings (SSSR count). The summed E-state index contributed by atoms with van der Waals surface area (Å²) in [6.07, 6.45) is 0. The maximum absolute atomic E-state index is 2.45. The first-order valence-electron chi connectivity index (χ1n) is 18.4. The van der Waals surface area contributed by atoms with Gasteiger partial charge in [0, 0.05) is 37.1 Å². The van der Waals surface area contributed by atoms with Crippen LogP contribution in [0.1, 0.15) is 0 Å². The van der Waals surface area contributed by atoms with E-state index in [1.807, 2.05) is 11.3 Å². The highest BCUT2D eigenvalue weighted by atomic mass is 32.1. The molecule has 0 amide bonds. The summed E-state index contributed by atoms with van der Waals surface area (Å²) in [5, 5.41) is 5.06. The minimum Gasteiger partial charge on any atom is -0.310 e. The number of hydrogen-bond acceptors (Lipinski definition) is 2. The van der Waals surface area contributed by atoms with Gasteiger partial charge in [0.2, 0.25) is 0 Å². The molecule has 0 aliphatic rings. The fraction of sp³-hybridized carbons (Fsp3) is 0. The van der Waals surface area contributed by atoms with Gasteiger partial charge in [0.1, 0.15) is 0 Å². The standard InChI is InChI=1S/C52H35NS/c1-4-14-36(15-5-1)41-26-31-44(37-16-6-2-7-17-37)48(34-41)39-24-28-42(29-25-39)53(43-30-32-47-46-22-12-13-23-50(46)54-51(47)35-43)49-33-27-38-18-10-11-21-45(38)52(49)40-19-8-3-9-20-40/h1-35H. The van der Waals surface area contributed by atoms with Crippen molar-refractivity contribution in [1.29, 1.82) is 0 Å². The molecule has 1 nitrogen and oxygen atoms in total. The molecule has 0 atom stereocenters. The Labute approximate surface area is 319 Å². The van der Waals surface area contributed by atoms with Crippen molar-refractivity contribution in [3.63, 3.8) is 0 Å². The summed E-state index contributed by atoms with van der Waals surface area (Å²) in [5.74, 6) is 0. The number of nitrogens with zero attached hydrogens (tertiary/aromatic N) is 1. The summed E-state index contributed by atoms with van der Waals surface area (Å²) in [7, 11) is 0. The predicted molar refractivity (Wildman–Crippen MR) is 233 cm³/mol. The first kappa shape index (κ1) is 32.0. The van der Waals surface area contributed by atoms with Gasteiger partial charge in [0.15, 0.2) is 0 Å². The van der Waals surface area contributed by atoms with Crippen LogP contribution in [0.3, 0.4) is 0 Å². The molecule has 0 aliphatic carbocycles. The fourth-order valence-corrected chi connectivity index (χ4v) is 9.03. The molecule has 0 aliphatic heterocycles. The summed E-state index contributed by atoms with van der Waals surface area (Å²) in [6.45, 7) is 0. The van der Waals surface area contributed by atoms with Gasteiger partial charge in [0.25, 0.3) is 0 Å². The Kier molecular flexibility index (Phi) is 8.09. The molecule has 54 heavy (non-hydrogen) atoms. The SMILES string of the molecule is c1ccc(-c2ccc(-c3ccccc3)c(-c3ccc(N(c4ccc5c(c4)sc4ccccc45)c4ccc5ccccc5c4-c4ccccc4)cc3)c2)cc1. The molecule has 1 aromatic heterocycles. The van der Waals surface area contributed by atoms with Crippen molar-refractivity contribution < 1.29 is 0 Å². The monoisotopic (exact) mass is 705 g/mol. The van der Waals surface area contributed by atoms with E-state index < -0.39 is 0 Å². The fourth-order valence-electron chi connectivity index (χ4n) is 7.89. The van der Waals surface area contributed by atoms with Gasteiger partial charge in [-0.05, 0) is 92.2 Å². The van der Waals surface area contributed by atoms with Crippen molar-refractivity contribution in [2.24, 2.45) is 0 Å². The van der Waals surface area contributed by atoms with Gasteiger partial charge in [0.05, 0.1) is 5.69 Å². The lowest BCUT2D eigenvalue weighted by Gasteiger charge is -2.29. The minimum atomic E-state index is 1.10. The first-order valence-corrected chi connectivity index (χ1v) is 19.2. The Hall–Kier alpha value is -6.74. The lowest BCUT2D eigenvalue weighted by molar-refractivity contribution is 1.30. The Morgan fingerprint density at radius 2 is 0.889 bits per heavy atom. The lowest BCUT2D eigenvalue weighted by Crippen LogP contribution is -2.11. The second-order valence-electron chi connectivity index (χ2n) is 13.7. The van der Waals surface area contributed by atoms with Crippen LogP contribution in [-0.4, -0.2) is 0 Å². The van der Waals surface area contributed by atoms with E-state index in [1.165, 1.54) is 75.5 Å². The lowest BCUT2D eigenvalue weighted by atomic mass is 9.91. The zero-order chi connectivity index (χ0) is 35.8. The molecule has 2 heteroatoms. The molecular weight excluding hydrogens is 671 g/mol. The molecule has 10 aromatic rings. The van der Waals surface area contributed by atoms with E-state index in [4.69, 9.17) is 0 Å². The van der Waals surface area contributed by atoms with Gasteiger partial charge < -0.3 is 4.90 Å². The smallest absolute Gasteiger partial charge is 0.0546 e. The van der Waals surface area contributed by atoms with Crippen LogP contribution in [0.15, 0.2) is 212 Å². The number of anilines is 3. The highest BCUT2D eigenvalue weighted by Gasteiger charge is 2.21. The van der Waals surface area contributed by atoms with Crippen LogP contribution >= 0.6 is 11.3 Å². The summed E-state index contributed by atoms with van der Waals surface area (Å²) >= 11 is 1.86. The third-order valence-corrected chi connectivity index (χ3v) is 11.6. The van der Waals surface area contributed by atoms with Crippen molar-refractivity contribution in [3.05, 3.63) is 212 Å². The van der Waals surface area contributed by atoms with E-state index >= 15 is 0 Å².